The summed E-state index contributed by atoms with van der Waals surface area (Å²) in [5, 5.41) is 0. The minimum absolute atomic E-state index is 0.0830. The molecule has 22 heavy (non-hydrogen) atoms. The molecule has 0 unspecified atom stereocenters. The molecule has 0 radical (unpaired) electrons. The summed E-state index contributed by atoms with van der Waals surface area (Å²) in [5.41, 5.74) is 2.33. The Morgan fingerprint density at radius 1 is 1.18 bits per heavy atom. The van der Waals surface area contributed by atoms with E-state index in [0.717, 1.165) is 17.7 Å². The Labute approximate surface area is 129 Å². The molecule has 114 valence electrons. The average molecular weight is 298 g/mol. The van der Waals surface area contributed by atoms with Gasteiger partial charge in [-0.15, -0.1) is 0 Å². The van der Waals surface area contributed by atoms with E-state index in [9.17, 15) is 4.79 Å². The lowest BCUT2D eigenvalue weighted by molar-refractivity contribution is 0.0994. The van der Waals surface area contributed by atoms with Crippen molar-refractivity contribution in [3.05, 3.63) is 41.7 Å². The van der Waals surface area contributed by atoms with Crippen LogP contribution in [-0.2, 0) is 11.2 Å². The first kappa shape index (κ1) is 14.5. The first-order valence-electron chi connectivity index (χ1n) is 7.08. The number of ether oxygens (including phenoxy) is 1. The van der Waals surface area contributed by atoms with Crippen molar-refractivity contribution in [3.8, 4) is 0 Å². The first-order valence-corrected chi connectivity index (χ1v) is 7.08. The van der Waals surface area contributed by atoms with Gasteiger partial charge in [0, 0.05) is 33.6 Å². The van der Waals surface area contributed by atoms with Gasteiger partial charge in [-0.05, 0) is 30.2 Å². The zero-order chi connectivity index (χ0) is 15.7. The molecule has 1 aliphatic rings. The Balaban J connectivity index is 2.11. The van der Waals surface area contributed by atoms with Crippen LogP contribution < -0.4 is 9.80 Å². The molecule has 6 nitrogen and oxygen atoms in total. The van der Waals surface area contributed by atoms with Gasteiger partial charge in [0.25, 0.3) is 5.91 Å². The molecule has 1 amide bonds. The predicted octanol–water partition coefficient (Wildman–Crippen LogP) is 2.02. The van der Waals surface area contributed by atoms with Crippen LogP contribution in [0.1, 0.15) is 15.9 Å². The maximum atomic E-state index is 12.8. The second kappa shape index (κ2) is 5.73. The number of fused-ring (bicyclic) bond motifs is 2. The number of carbonyl (C=O) groups excluding carboxylic acids is 1. The molecule has 0 fully saturated rings. The number of amides is 1. The fourth-order valence-electron chi connectivity index (χ4n) is 2.58. The van der Waals surface area contributed by atoms with Gasteiger partial charge in [0.2, 0.25) is 0 Å². The Morgan fingerprint density at radius 2 is 2.00 bits per heavy atom. The molecular formula is C16H18N4O2. The van der Waals surface area contributed by atoms with Gasteiger partial charge in [0.15, 0.2) is 5.82 Å². The van der Waals surface area contributed by atoms with Gasteiger partial charge in [-0.2, -0.15) is 0 Å². The van der Waals surface area contributed by atoms with Crippen LogP contribution in [0.4, 0.5) is 17.3 Å². The van der Waals surface area contributed by atoms with E-state index in [1.807, 2.05) is 30.1 Å². The van der Waals surface area contributed by atoms with Crippen molar-refractivity contribution >= 4 is 23.2 Å². The zero-order valence-corrected chi connectivity index (χ0v) is 12.9. The first-order chi connectivity index (χ1) is 10.6. The second-order valence-electron chi connectivity index (χ2n) is 5.23. The number of nitrogens with zero attached hydrogens (tertiary/aromatic N) is 4. The van der Waals surface area contributed by atoms with Crippen molar-refractivity contribution in [2.45, 2.75) is 6.42 Å². The van der Waals surface area contributed by atoms with Crippen molar-refractivity contribution in [1.82, 2.24) is 9.97 Å². The topological polar surface area (TPSA) is 58.6 Å². The maximum Gasteiger partial charge on any atom is 0.261 e. The molecule has 0 bridgehead atoms. The smallest absolute Gasteiger partial charge is 0.261 e. The standard InChI is InChI=1S/C16H18N4O2/c1-19-13-5-4-7-17-15(13)20(2)14-12(16(19)21)9-11(10-18-14)6-8-22-3/h4-5,7,9-10H,6,8H2,1-3H3. The van der Waals surface area contributed by atoms with E-state index in [1.165, 1.54) is 0 Å². The summed E-state index contributed by atoms with van der Waals surface area (Å²) >= 11 is 0. The van der Waals surface area contributed by atoms with E-state index in [4.69, 9.17) is 4.74 Å². The molecule has 3 heterocycles. The molecule has 0 aromatic carbocycles. The lowest BCUT2D eigenvalue weighted by Crippen LogP contribution is -2.25. The van der Waals surface area contributed by atoms with Crippen LogP contribution in [0.2, 0.25) is 0 Å². The normalized spacial score (nSPS) is 13.7. The Hall–Kier alpha value is -2.47. The molecule has 6 heteroatoms. The summed E-state index contributed by atoms with van der Waals surface area (Å²) in [6.07, 6.45) is 4.23. The highest BCUT2D eigenvalue weighted by Gasteiger charge is 2.29. The molecule has 0 N–H and O–H groups in total. The van der Waals surface area contributed by atoms with Crippen LogP contribution >= 0.6 is 0 Å². The van der Waals surface area contributed by atoms with E-state index in [2.05, 4.69) is 9.97 Å². The number of hydrogen-bond donors (Lipinski definition) is 0. The van der Waals surface area contributed by atoms with Crippen LogP contribution in [-0.4, -0.2) is 43.7 Å². The van der Waals surface area contributed by atoms with Gasteiger partial charge in [-0.3, -0.25) is 4.79 Å². The molecule has 2 aromatic rings. The minimum atomic E-state index is -0.0830. The van der Waals surface area contributed by atoms with Crippen molar-refractivity contribution in [1.29, 1.82) is 0 Å². The van der Waals surface area contributed by atoms with Crippen molar-refractivity contribution in [3.63, 3.8) is 0 Å². The Kier molecular flexibility index (Phi) is 3.77. The van der Waals surface area contributed by atoms with E-state index in [1.54, 1.807) is 31.5 Å². The number of aromatic nitrogens is 2. The number of anilines is 3. The summed E-state index contributed by atoms with van der Waals surface area (Å²) in [6, 6.07) is 5.60. The molecule has 0 saturated carbocycles. The van der Waals surface area contributed by atoms with Gasteiger partial charge in [0.05, 0.1) is 17.9 Å². The molecule has 0 aliphatic carbocycles. The SMILES string of the molecule is COCCc1cnc2c(c1)C(=O)N(C)c1cccnc1N2C. The van der Waals surface area contributed by atoms with Crippen LogP contribution in [0.15, 0.2) is 30.6 Å². The van der Waals surface area contributed by atoms with Gasteiger partial charge in [-0.25, -0.2) is 9.97 Å². The molecule has 1 aliphatic heterocycles. The van der Waals surface area contributed by atoms with E-state index >= 15 is 0 Å². The lowest BCUT2D eigenvalue weighted by Gasteiger charge is -2.19. The largest absolute Gasteiger partial charge is 0.384 e. The van der Waals surface area contributed by atoms with E-state index in [-0.39, 0.29) is 5.91 Å². The summed E-state index contributed by atoms with van der Waals surface area (Å²) < 4.78 is 5.09. The third kappa shape index (κ3) is 2.31. The summed E-state index contributed by atoms with van der Waals surface area (Å²) in [4.78, 5) is 25.1. The summed E-state index contributed by atoms with van der Waals surface area (Å²) in [7, 11) is 5.29. The highest BCUT2D eigenvalue weighted by Crippen LogP contribution is 2.36. The van der Waals surface area contributed by atoms with Crippen LogP contribution in [0, 0.1) is 0 Å². The molecular weight excluding hydrogens is 280 g/mol. The van der Waals surface area contributed by atoms with Gasteiger partial charge >= 0.3 is 0 Å². The monoisotopic (exact) mass is 298 g/mol. The van der Waals surface area contributed by atoms with Gasteiger partial charge < -0.3 is 14.5 Å². The highest BCUT2D eigenvalue weighted by molar-refractivity contribution is 6.12. The third-order valence-corrected chi connectivity index (χ3v) is 3.82. The molecule has 3 rings (SSSR count). The number of methoxy groups -OCH3 is 1. The fraction of sp³-hybridized carbons (Fsp3) is 0.312. The predicted molar refractivity (Wildman–Crippen MR) is 84.9 cm³/mol. The van der Waals surface area contributed by atoms with E-state index in [0.29, 0.717) is 23.8 Å². The van der Waals surface area contributed by atoms with Gasteiger partial charge in [0.1, 0.15) is 5.82 Å². The fourth-order valence-corrected chi connectivity index (χ4v) is 2.58. The molecule has 2 aromatic heterocycles. The van der Waals surface area contributed by atoms with Crippen molar-refractivity contribution < 1.29 is 9.53 Å². The van der Waals surface area contributed by atoms with Crippen molar-refractivity contribution in [2.24, 2.45) is 0 Å². The lowest BCUT2D eigenvalue weighted by atomic mass is 10.1. The van der Waals surface area contributed by atoms with Crippen molar-refractivity contribution in [2.75, 3.05) is 37.6 Å². The summed E-state index contributed by atoms with van der Waals surface area (Å²) in [5.74, 6) is 1.25. The number of carbonyl (C=O) groups is 1. The Morgan fingerprint density at radius 3 is 2.77 bits per heavy atom. The molecule has 0 spiro atoms. The average Bonchev–Trinajstić information content (AvgIpc) is 2.64. The Bertz CT molecular complexity index is 717. The summed E-state index contributed by atoms with van der Waals surface area (Å²) in [6.45, 7) is 0.599. The molecule has 0 saturated heterocycles. The number of pyridine rings is 2. The third-order valence-electron chi connectivity index (χ3n) is 3.82. The van der Waals surface area contributed by atoms with Crippen LogP contribution in [0.3, 0.4) is 0 Å². The highest BCUT2D eigenvalue weighted by atomic mass is 16.5. The van der Waals surface area contributed by atoms with Crippen LogP contribution in [0.5, 0.6) is 0 Å². The van der Waals surface area contributed by atoms with Crippen LogP contribution in [0.25, 0.3) is 0 Å². The minimum Gasteiger partial charge on any atom is -0.384 e. The van der Waals surface area contributed by atoms with Gasteiger partial charge in [-0.1, -0.05) is 0 Å². The number of rotatable bonds is 3. The molecule has 0 atom stereocenters. The zero-order valence-electron chi connectivity index (χ0n) is 12.9. The second-order valence-corrected chi connectivity index (χ2v) is 5.23. The maximum absolute atomic E-state index is 12.8. The van der Waals surface area contributed by atoms with E-state index < -0.39 is 0 Å². The number of hydrogen-bond acceptors (Lipinski definition) is 5. The quantitative estimate of drug-likeness (QED) is 0.867.